The number of hydrogen-bond acceptors (Lipinski definition) is 4. The van der Waals surface area contributed by atoms with E-state index in [0.29, 0.717) is 12.4 Å². The van der Waals surface area contributed by atoms with Gasteiger partial charge in [0.25, 0.3) is 0 Å². The Morgan fingerprint density at radius 1 is 1.00 bits per heavy atom. The summed E-state index contributed by atoms with van der Waals surface area (Å²) in [4.78, 5) is 8.79. The Morgan fingerprint density at radius 3 is 2.20 bits per heavy atom. The zero-order valence-electron chi connectivity index (χ0n) is 12.0. The van der Waals surface area contributed by atoms with Gasteiger partial charge in [0.05, 0.1) is 0 Å². The molecule has 0 fully saturated rings. The molecule has 0 saturated heterocycles. The molecule has 0 atom stereocenters. The van der Waals surface area contributed by atoms with Gasteiger partial charge in [0.2, 0.25) is 0 Å². The lowest BCUT2D eigenvalue weighted by atomic mass is 10.2. The lowest BCUT2D eigenvalue weighted by Crippen LogP contribution is -2.09. The molecule has 2 rings (SSSR count). The predicted octanol–water partition coefficient (Wildman–Crippen LogP) is 3.28. The van der Waals surface area contributed by atoms with Crippen molar-refractivity contribution < 1.29 is 4.39 Å². The largest absolute Gasteiger partial charge is 0.370 e. The van der Waals surface area contributed by atoms with Crippen molar-refractivity contribution in [3.8, 4) is 0 Å². The molecular formula is C15H19FN4. The van der Waals surface area contributed by atoms with Crippen molar-refractivity contribution >= 4 is 11.6 Å². The fraction of sp³-hybridized carbons (Fsp3) is 0.333. The van der Waals surface area contributed by atoms with Crippen molar-refractivity contribution in [2.75, 3.05) is 17.2 Å². The fourth-order valence-electron chi connectivity index (χ4n) is 1.93. The van der Waals surface area contributed by atoms with E-state index in [2.05, 4.69) is 20.6 Å². The number of anilines is 2. The van der Waals surface area contributed by atoms with Gasteiger partial charge in [0.1, 0.15) is 23.3 Å². The average Bonchev–Trinajstić information content (AvgIpc) is 2.43. The molecule has 1 heterocycles. The summed E-state index contributed by atoms with van der Waals surface area (Å²) in [6.45, 7) is 7.29. The van der Waals surface area contributed by atoms with Crippen molar-refractivity contribution in [3.05, 3.63) is 47.0 Å². The summed E-state index contributed by atoms with van der Waals surface area (Å²) < 4.78 is 12.9. The number of nitrogens with one attached hydrogen (secondary N) is 2. The van der Waals surface area contributed by atoms with Gasteiger partial charge in [0, 0.05) is 18.7 Å². The lowest BCUT2D eigenvalue weighted by Gasteiger charge is -2.13. The Bertz CT molecular complexity index is 581. The Morgan fingerprint density at radius 2 is 1.60 bits per heavy atom. The number of aryl methyl sites for hydroxylation is 1. The molecule has 20 heavy (non-hydrogen) atoms. The average molecular weight is 274 g/mol. The highest BCUT2D eigenvalue weighted by Gasteiger charge is 2.08. The molecule has 0 spiro atoms. The molecule has 0 aliphatic rings. The van der Waals surface area contributed by atoms with Gasteiger partial charge in [-0.3, -0.25) is 0 Å². The van der Waals surface area contributed by atoms with E-state index in [-0.39, 0.29) is 5.82 Å². The molecule has 0 bridgehead atoms. The monoisotopic (exact) mass is 274 g/mol. The predicted molar refractivity (Wildman–Crippen MR) is 79.4 cm³/mol. The number of aromatic nitrogens is 2. The van der Waals surface area contributed by atoms with Crippen LogP contribution in [0.1, 0.15) is 23.9 Å². The maximum absolute atomic E-state index is 12.9. The van der Waals surface area contributed by atoms with E-state index in [9.17, 15) is 4.39 Å². The van der Waals surface area contributed by atoms with Gasteiger partial charge in [-0.1, -0.05) is 12.1 Å². The van der Waals surface area contributed by atoms with Gasteiger partial charge in [0.15, 0.2) is 0 Å². The Kier molecular flexibility index (Phi) is 4.50. The van der Waals surface area contributed by atoms with E-state index in [4.69, 9.17) is 0 Å². The standard InChI is InChI=1S/C15H19FN4/c1-4-17-14-10(2)15(20-11(3)19-14)18-9-12-5-7-13(16)8-6-12/h5-8H,4,9H2,1-3H3,(H2,17,18,19,20). The van der Waals surface area contributed by atoms with Crippen LogP contribution < -0.4 is 10.6 Å². The van der Waals surface area contributed by atoms with E-state index >= 15 is 0 Å². The summed E-state index contributed by atoms with van der Waals surface area (Å²) in [6, 6.07) is 6.44. The fourth-order valence-corrected chi connectivity index (χ4v) is 1.93. The number of rotatable bonds is 5. The van der Waals surface area contributed by atoms with E-state index < -0.39 is 0 Å². The van der Waals surface area contributed by atoms with E-state index in [1.807, 2.05) is 20.8 Å². The molecule has 2 aromatic rings. The quantitative estimate of drug-likeness (QED) is 0.878. The minimum absolute atomic E-state index is 0.225. The lowest BCUT2D eigenvalue weighted by molar-refractivity contribution is 0.627. The highest BCUT2D eigenvalue weighted by Crippen LogP contribution is 2.20. The van der Waals surface area contributed by atoms with Crippen LogP contribution in [0.15, 0.2) is 24.3 Å². The maximum atomic E-state index is 12.9. The second-order valence-corrected chi connectivity index (χ2v) is 4.60. The third kappa shape index (κ3) is 3.44. The highest BCUT2D eigenvalue weighted by atomic mass is 19.1. The smallest absolute Gasteiger partial charge is 0.135 e. The van der Waals surface area contributed by atoms with Gasteiger partial charge >= 0.3 is 0 Å². The molecule has 5 heteroatoms. The van der Waals surface area contributed by atoms with Crippen LogP contribution in [-0.2, 0) is 6.54 Å². The van der Waals surface area contributed by atoms with Gasteiger partial charge in [-0.15, -0.1) is 0 Å². The summed E-state index contributed by atoms with van der Waals surface area (Å²) in [5, 5.41) is 6.50. The summed E-state index contributed by atoms with van der Waals surface area (Å²) in [7, 11) is 0. The van der Waals surface area contributed by atoms with Crippen LogP contribution in [0.4, 0.5) is 16.0 Å². The van der Waals surface area contributed by atoms with Gasteiger partial charge in [-0.05, 0) is 38.5 Å². The van der Waals surface area contributed by atoms with Crippen LogP contribution in [0.2, 0.25) is 0 Å². The molecule has 106 valence electrons. The molecular weight excluding hydrogens is 255 g/mol. The van der Waals surface area contributed by atoms with Crippen molar-refractivity contribution in [1.82, 2.24) is 9.97 Å². The first-order valence-corrected chi connectivity index (χ1v) is 6.67. The van der Waals surface area contributed by atoms with Crippen molar-refractivity contribution in [2.24, 2.45) is 0 Å². The SMILES string of the molecule is CCNc1nc(C)nc(NCc2ccc(F)cc2)c1C. The summed E-state index contributed by atoms with van der Waals surface area (Å²) in [6.07, 6.45) is 0. The van der Waals surface area contributed by atoms with Crippen LogP contribution in [-0.4, -0.2) is 16.5 Å². The van der Waals surface area contributed by atoms with Crippen molar-refractivity contribution in [2.45, 2.75) is 27.3 Å². The highest BCUT2D eigenvalue weighted by molar-refractivity contribution is 5.57. The Balaban J connectivity index is 2.14. The first kappa shape index (κ1) is 14.2. The van der Waals surface area contributed by atoms with E-state index in [1.54, 1.807) is 12.1 Å². The summed E-state index contributed by atoms with van der Waals surface area (Å²) >= 11 is 0. The number of nitrogens with zero attached hydrogens (tertiary/aromatic N) is 2. The topological polar surface area (TPSA) is 49.8 Å². The third-order valence-electron chi connectivity index (χ3n) is 2.98. The van der Waals surface area contributed by atoms with Crippen LogP contribution >= 0.6 is 0 Å². The summed E-state index contributed by atoms with van der Waals surface area (Å²) in [5.41, 5.74) is 1.99. The molecule has 0 unspecified atom stereocenters. The molecule has 4 nitrogen and oxygen atoms in total. The molecule has 0 aliphatic heterocycles. The second-order valence-electron chi connectivity index (χ2n) is 4.60. The molecule has 1 aromatic carbocycles. The molecule has 0 aliphatic carbocycles. The van der Waals surface area contributed by atoms with E-state index in [1.165, 1.54) is 12.1 Å². The molecule has 1 aromatic heterocycles. The number of benzene rings is 1. The molecule has 0 amide bonds. The Labute approximate surface area is 118 Å². The number of halogens is 1. The van der Waals surface area contributed by atoms with Crippen LogP contribution in [0.5, 0.6) is 0 Å². The van der Waals surface area contributed by atoms with Crippen LogP contribution in [0.3, 0.4) is 0 Å². The number of hydrogen-bond donors (Lipinski definition) is 2. The zero-order valence-corrected chi connectivity index (χ0v) is 12.0. The first-order valence-electron chi connectivity index (χ1n) is 6.67. The normalized spacial score (nSPS) is 10.4. The maximum Gasteiger partial charge on any atom is 0.135 e. The minimum Gasteiger partial charge on any atom is -0.370 e. The molecule has 0 radical (unpaired) electrons. The molecule has 0 saturated carbocycles. The van der Waals surface area contributed by atoms with Gasteiger partial charge < -0.3 is 10.6 Å². The second kappa shape index (κ2) is 6.32. The summed E-state index contributed by atoms with van der Waals surface area (Å²) in [5.74, 6) is 2.14. The van der Waals surface area contributed by atoms with Gasteiger partial charge in [-0.2, -0.15) is 0 Å². The van der Waals surface area contributed by atoms with Crippen molar-refractivity contribution in [1.29, 1.82) is 0 Å². The zero-order chi connectivity index (χ0) is 14.5. The minimum atomic E-state index is -0.225. The van der Waals surface area contributed by atoms with Crippen LogP contribution in [0, 0.1) is 19.7 Å². The van der Waals surface area contributed by atoms with E-state index in [0.717, 1.165) is 29.3 Å². The van der Waals surface area contributed by atoms with Crippen molar-refractivity contribution in [3.63, 3.8) is 0 Å². The first-order chi connectivity index (χ1) is 9.60. The molecule has 2 N–H and O–H groups in total. The third-order valence-corrected chi connectivity index (χ3v) is 2.98. The Hall–Kier alpha value is -2.17. The van der Waals surface area contributed by atoms with Crippen LogP contribution in [0.25, 0.3) is 0 Å². The van der Waals surface area contributed by atoms with Gasteiger partial charge in [-0.25, -0.2) is 14.4 Å².